The zero-order chi connectivity index (χ0) is 26.3. The maximum Gasteiger partial charge on any atom is 0.353 e. The molecule has 0 saturated carbocycles. The largest absolute Gasteiger partial charge is 0.490 e. The number of nitrogens with zero attached hydrogens (tertiary/aromatic N) is 1. The van der Waals surface area contributed by atoms with E-state index in [1.54, 1.807) is 6.92 Å². The zero-order valence-electron chi connectivity index (χ0n) is 20.9. The van der Waals surface area contributed by atoms with E-state index >= 15 is 0 Å². The number of β-lactam (4-membered cyclic amide) rings is 1. The Morgan fingerprint density at radius 2 is 2.03 bits per heavy atom. The molecule has 2 saturated heterocycles. The van der Waals surface area contributed by atoms with Crippen molar-refractivity contribution in [2.45, 2.75) is 56.5 Å². The number of hydrogen-bond acceptors (Lipinski definition) is 8. The number of fused-ring (bicyclic) bond motifs is 2. The molecule has 37 heavy (non-hydrogen) atoms. The van der Waals surface area contributed by atoms with Crippen LogP contribution in [0.4, 0.5) is 0 Å². The number of carboxylic acids is 1. The number of rotatable bonds is 8. The van der Waals surface area contributed by atoms with Crippen LogP contribution >= 0.6 is 11.8 Å². The third-order valence-corrected chi connectivity index (χ3v) is 9.05. The van der Waals surface area contributed by atoms with Gasteiger partial charge in [0.1, 0.15) is 5.70 Å². The summed E-state index contributed by atoms with van der Waals surface area (Å²) in [4.78, 5) is 39.3. The molecule has 1 aromatic carbocycles. The molecule has 0 bridgehead atoms. The van der Waals surface area contributed by atoms with Crippen molar-refractivity contribution in [2.24, 2.45) is 11.8 Å². The minimum absolute atomic E-state index is 0.00285. The number of benzene rings is 1. The van der Waals surface area contributed by atoms with Crippen LogP contribution in [-0.4, -0.2) is 82.6 Å². The van der Waals surface area contributed by atoms with Gasteiger partial charge in [0.15, 0.2) is 11.5 Å². The highest BCUT2D eigenvalue weighted by Crippen LogP contribution is 2.51. The molecule has 10 nitrogen and oxygen atoms in total. The number of amides is 2. The van der Waals surface area contributed by atoms with Crippen LogP contribution in [0.5, 0.6) is 11.5 Å². The molecule has 0 spiro atoms. The van der Waals surface area contributed by atoms with Gasteiger partial charge in [-0.25, -0.2) is 4.79 Å². The number of thioether (sulfide) groups is 1. The molecule has 4 N–H and O–H groups in total. The summed E-state index contributed by atoms with van der Waals surface area (Å²) in [6, 6.07) is 5.14. The van der Waals surface area contributed by atoms with Crippen molar-refractivity contribution in [3.05, 3.63) is 34.4 Å². The lowest BCUT2D eigenvalue weighted by atomic mass is 9.79. The summed E-state index contributed by atoms with van der Waals surface area (Å²) >= 11 is 1.43. The van der Waals surface area contributed by atoms with E-state index in [1.807, 2.05) is 25.1 Å². The van der Waals surface area contributed by atoms with Crippen LogP contribution in [0.2, 0.25) is 0 Å². The molecule has 4 aliphatic heterocycles. The van der Waals surface area contributed by atoms with E-state index < -0.39 is 18.0 Å². The number of aliphatic carboxylic acids is 1. The molecule has 4 heterocycles. The summed E-state index contributed by atoms with van der Waals surface area (Å²) in [5.41, 5.74) is 1.07. The van der Waals surface area contributed by atoms with Crippen molar-refractivity contribution in [3.63, 3.8) is 0 Å². The molecule has 2 fully saturated rings. The fourth-order valence-electron chi connectivity index (χ4n) is 5.67. The Morgan fingerprint density at radius 1 is 1.27 bits per heavy atom. The summed E-state index contributed by atoms with van der Waals surface area (Å²) in [6.07, 6.45) is 1.24. The second-order valence-corrected chi connectivity index (χ2v) is 11.4. The molecule has 11 heteroatoms. The summed E-state index contributed by atoms with van der Waals surface area (Å²) < 4.78 is 11.4. The van der Waals surface area contributed by atoms with Crippen LogP contribution in [-0.2, 0) is 20.8 Å². The third kappa shape index (κ3) is 4.92. The normalized spacial score (nSPS) is 29.4. The fourth-order valence-corrected chi connectivity index (χ4v) is 7.15. The van der Waals surface area contributed by atoms with E-state index in [1.165, 1.54) is 16.7 Å². The van der Waals surface area contributed by atoms with E-state index in [0.717, 1.165) is 23.5 Å². The number of aliphatic hydroxyl groups is 1. The van der Waals surface area contributed by atoms with Gasteiger partial charge in [0.2, 0.25) is 11.8 Å². The highest BCUT2D eigenvalue weighted by atomic mass is 32.2. The minimum Gasteiger partial charge on any atom is -0.490 e. The second kappa shape index (κ2) is 10.5. The predicted molar refractivity (Wildman–Crippen MR) is 136 cm³/mol. The first-order valence-corrected chi connectivity index (χ1v) is 13.7. The lowest BCUT2D eigenvalue weighted by Gasteiger charge is -2.46. The van der Waals surface area contributed by atoms with Crippen molar-refractivity contribution in [1.82, 2.24) is 15.5 Å². The topological polar surface area (TPSA) is 137 Å². The first-order valence-electron chi connectivity index (χ1n) is 12.8. The molecule has 2 amide bonds. The van der Waals surface area contributed by atoms with Crippen LogP contribution in [0.15, 0.2) is 28.8 Å². The van der Waals surface area contributed by atoms with Crippen LogP contribution in [0, 0.1) is 11.8 Å². The lowest BCUT2D eigenvalue weighted by molar-refractivity contribution is -0.163. The maximum absolute atomic E-state index is 12.8. The van der Waals surface area contributed by atoms with E-state index in [4.69, 9.17) is 9.47 Å². The molecule has 4 aliphatic rings. The number of carbonyl (C=O) groups excluding carboxylic acids is 2. The summed E-state index contributed by atoms with van der Waals surface area (Å²) in [5.74, 6) is -0.840. The smallest absolute Gasteiger partial charge is 0.353 e. The first kappa shape index (κ1) is 25.9. The number of carboxylic acid groups (broad SMARTS) is 1. The van der Waals surface area contributed by atoms with Crippen LogP contribution in [0.3, 0.4) is 0 Å². The molecule has 1 aromatic rings. The van der Waals surface area contributed by atoms with Crippen molar-refractivity contribution in [2.75, 3.05) is 26.3 Å². The molecule has 5 rings (SSSR count). The second-order valence-electron chi connectivity index (χ2n) is 10.1. The Kier molecular flexibility index (Phi) is 7.37. The van der Waals surface area contributed by atoms with Gasteiger partial charge in [0.05, 0.1) is 37.3 Å². The van der Waals surface area contributed by atoms with E-state index in [0.29, 0.717) is 44.1 Å². The number of ether oxygens (including phenoxy) is 2. The molecular formula is C26H33N3O7S. The average Bonchev–Trinajstić information content (AvgIpc) is 3.32. The first-order chi connectivity index (χ1) is 17.8. The zero-order valence-corrected chi connectivity index (χ0v) is 21.8. The Labute approximate surface area is 219 Å². The van der Waals surface area contributed by atoms with E-state index in [9.17, 15) is 24.6 Å². The summed E-state index contributed by atoms with van der Waals surface area (Å²) in [5, 5.41) is 26.1. The number of nitrogens with one attached hydrogen (secondary N) is 2. The quantitative estimate of drug-likeness (QED) is 0.364. The average molecular weight is 532 g/mol. The lowest BCUT2D eigenvalue weighted by Crippen LogP contribution is -2.63. The van der Waals surface area contributed by atoms with Gasteiger partial charge >= 0.3 is 5.97 Å². The SMILES string of the molecule is CC(O)[C@H]1C(=O)N2C(C(=O)O)=C(SC3CNC(C(=O)NCCc4ccc5c(c4)OCCCO5)C3)[C@H](C)C12. The van der Waals surface area contributed by atoms with Gasteiger partial charge in [0, 0.05) is 35.6 Å². The van der Waals surface area contributed by atoms with Gasteiger partial charge in [-0.15, -0.1) is 11.8 Å². The van der Waals surface area contributed by atoms with Gasteiger partial charge in [-0.3, -0.25) is 9.59 Å². The third-order valence-electron chi connectivity index (χ3n) is 7.54. The van der Waals surface area contributed by atoms with E-state index in [-0.39, 0.29) is 40.8 Å². The highest BCUT2D eigenvalue weighted by molar-refractivity contribution is 8.03. The van der Waals surface area contributed by atoms with Gasteiger partial charge in [-0.1, -0.05) is 13.0 Å². The molecule has 0 aliphatic carbocycles. The van der Waals surface area contributed by atoms with Gasteiger partial charge < -0.3 is 35.2 Å². The predicted octanol–water partition coefficient (Wildman–Crippen LogP) is 1.12. The van der Waals surface area contributed by atoms with Crippen molar-refractivity contribution in [1.29, 1.82) is 0 Å². The highest BCUT2D eigenvalue weighted by Gasteiger charge is 2.60. The molecule has 0 radical (unpaired) electrons. The minimum atomic E-state index is -1.13. The van der Waals surface area contributed by atoms with E-state index in [2.05, 4.69) is 10.6 Å². The van der Waals surface area contributed by atoms with Crippen LogP contribution in [0.25, 0.3) is 0 Å². The number of hydrogen-bond donors (Lipinski definition) is 4. The molecule has 4 unspecified atom stereocenters. The van der Waals surface area contributed by atoms with Crippen LogP contribution in [0.1, 0.15) is 32.3 Å². The summed E-state index contributed by atoms with van der Waals surface area (Å²) in [7, 11) is 0. The Hall–Kier alpha value is -2.76. The van der Waals surface area contributed by atoms with Crippen molar-refractivity contribution < 1.29 is 34.1 Å². The molecule has 6 atom stereocenters. The van der Waals surface area contributed by atoms with Crippen molar-refractivity contribution >= 4 is 29.5 Å². The van der Waals surface area contributed by atoms with Crippen LogP contribution < -0.4 is 20.1 Å². The number of carbonyl (C=O) groups is 3. The number of aliphatic hydroxyl groups excluding tert-OH is 1. The van der Waals surface area contributed by atoms with Gasteiger partial charge in [0.25, 0.3) is 0 Å². The maximum atomic E-state index is 12.8. The Morgan fingerprint density at radius 3 is 2.76 bits per heavy atom. The molecule has 200 valence electrons. The van der Waals surface area contributed by atoms with Gasteiger partial charge in [-0.2, -0.15) is 0 Å². The molecule has 0 aromatic heterocycles. The Bertz CT molecular complexity index is 1120. The molecular weight excluding hydrogens is 498 g/mol. The fraction of sp³-hybridized carbons (Fsp3) is 0.577. The van der Waals surface area contributed by atoms with Gasteiger partial charge in [-0.05, 0) is 37.5 Å². The van der Waals surface area contributed by atoms with Crippen molar-refractivity contribution in [3.8, 4) is 11.5 Å². The summed E-state index contributed by atoms with van der Waals surface area (Å²) in [6.45, 7) is 5.79. The standard InChI is InChI=1S/C26H33N3O7S/c1-13-21-20(14(2)30)25(32)29(21)22(26(33)34)23(13)37-16-11-17(28-12-16)24(31)27-7-6-15-4-5-18-19(10-15)36-9-3-8-35-18/h4-5,10,13-14,16-17,20-21,28,30H,3,6-9,11-12H2,1-2H3,(H,27,31)(H,33,34)/t13-,14?,16?,17?,20-,21?/m1/s1. The Balaban J connectivity index is 1.14. The monoisotopic (exact) mass is 531 g/mol.